The largest absolute Gasteiger partial charge is 0.508 e. The van der Waals surface area contributed by atoms with Gasteiger partial charge in [0.25, 0.3) is 0 Å². The lowest BCUT2D eigenvalue weighted by atomic mass is 9.95. The molecule has 1 nitrogen and oxygen atoms in total. The van der Waals surface area contributed by atoms with E-state index in [1.807, 2.05) is 19.1 Å². The van der Waals surface area contributed by atoms with Crippen LogP contribution < -0.4 is 0 Å². The molecule has 0 atom stereocenters. The van der Waals surface area contributed by atoms with Gasteiger partial charge >= 0.3 is 0 Å². The van der Waals surface area contributed by atoms with Gasteiger partial charge in [0.15, 0.2) is 0 Å². The van der Waals surface area contributed by atoms with Crippen LogP contribution in [0.25, 0.3) is 6.08 Å². The molecular weight excluding hydrogens is 148 g/mol. The molecule has 0 unspecified atom stereocenters. The number of phenolic OH excluding ortho intramolecular Hbond substituents is 1. The Balaban J connectivity index is 2.58. The highest BCUT2D eigenvalue weighted by molar-refractivity contribution is 5.59. The number of hydrogen-bond acceptors (Lipinski definition) is 1. The van der Waals surface area contributed by atoms with Gasteiger partial charge in [-0.3, -0.25) is 0 Å². The molecule has 0 spiro atoms. The van der Waals surface area contributed by atoms with Crippen molar-refractivity contribution in [3.05, 3.63) is 34.9 Å². The summed E-state index contributed by atoms with van der Waals surface area (Å²) in [7, 11) is 0. The number of fused-ring (bicyclic) bond motifs is 1. The van der Waals surface area contributed by atoms with Crippen LogP contribution in [0, 0.1) is 6.92 Å². The molecule has 0 amide bonds. The predicted molar refractivity (Wildman–Crippen MR) is 50.2 cm³/mol. The summed E-state index contributed by atoms with van der Waals surface area (Å²) in [5.41, 5.74) is 3.48. The first-order valence-corrected chi connectivity index (χ1v) is 4.26. The number of aryl methyl sites for hydroxylation is 2. The van der Waals surface area contributed by atoms with E-state index in [2.05, 4.69) is 12.2 Å². The first-order valence-electron chi connectivity index (χ1n) is 4.26. The van der Waals surface area contributed by atoms with Crippen LogP contribution in [0.5, 0.6) is 5.75 Å². The third-order valence-electron chi connectivity index (χ3n) is 2.34. The molecule has 0 heterocycles. The summed E-state index contributed by atoms with van der Waals surface area (Å²) in [6, 6.07) is 3.93. The van der Waals surface area contributed by atoms with Crippen LogP contribution in [-0.2, 0) is 6.42 Å². The van der Waals surface area contributed by atoms with Crippen molar-refractivity contribution in [1.29, 1.82) is 0 Å². The maximum absolute atomic E-state index is 9.45. The van der Waals surface area contributed by atoms with E-state index in [9.17, 15) is 5.11 Å². The average molecular weight is 160 g/mol. The second-order valence-electron chi connectivity index (χ2n) is 3.28. The van der Waals surface area contributed by atoms with Gasteiger partial charge in [-0.05, 0) is 48.6 Å². The number of aromatic hydroxyl groups is 1. The van der Waals surface area contributed by atoms with E-state index in [1.165, 1.54) is 11.1 Å². The number of hydrogen-bond donors (Lipinski definition) is 1. The van der Waals surface area contributed by atoms with Gasteiger partial charge < -0.3 is 5.11 Å². The molecule has 0 saturated heterocycles. The van der Waals surface area contributed by atoms with E-state index in [0.29, 0.717) is 5.75 Å². The molecule has 1 aromatic carbocycles. The van der Waals surface area contributed by atoms with E-state index in [-0.39, 0.29) is 0 Å². The molecular formula is C11H12O. The summed E-state index contributed by atoms with van der Waals surface area (Å²) in [4.78, 5) is 0. The van der Waals surface area contributed by atoms with Gasteiger partial charge in [-0.15, -0.1) is 0 Å². The zero-order valence-corrected chi connectivity index (χ0v) is 7.17. The summed E-state index contributed by atoms with van der Waals surface area (Å²) < 4.78 is 0. The summed E-state index contributed by atoms with van der Waals surface area (Å²) >= 11 is 0. The maximum atomic E-state index is 9.45. The molecule has 0 radical (unpaired) electrons. The van der Waals surface area contributed by atoms with Crippen molar-refractivity contribution in [3.8, 4) is 5.75 Å². The van der Waals surface area contributed by atoms with Crippen molar-refractivity contribution >= 4 is 6.08 Å². The molecule has 1 aromatic rings. The standard InChI is InChI=1S/C11H12O/c1-8-6-9-4-2-3-5-10(9)7-11(8)12/h2,4,6-7,12H,3,5H2,1H3. The van der Waals surface area contributed by atoms with Crippen molar-refractivity contribution in [3.63, 3.8) is 0 Å². The summed E-state index contributed by atoms with van der Waals surface area (Å²) in [6.07, 6.45) is 6.46. The fourth-order valence-electron chi connectivity index (χ4n) is 1.58. The van der Waals surface area contributed by atoms with E-state index in [0.717, 1.165) is 18.4 Å². The highest BCUT2D eigenvalue weighted by Crippen LogP contribution is 2.26. The first kappa shape index (κ1) is 7.41. The summed E-state index contributed by atoms with van der Waals surface area (Å²) in [5, 5.41) is 9.45. The second-order valence-corrected chi connectivity index (χ2v) is 3.28. The first-order chi connectivity index (χ1) is 5.77. The molecule has 0 aliphatic heterocycles. The van der Waals surface area contributed by atoms with Crippen LogP contribution in [0.15, 0.2) is 18.2 Å². The zero-order valence-electron chi connectivity index (χ0n) is 7.17. The fourth-order valence-corrected chi connectivity index (χ4v) is 1.58. The molecule has 2 rings (SSSR count). The Labute approximate surface area is 72.4 Å². The monoisotopic (exact) mass is 160 g/mol. The van der Waals surface area contributed by atoms with Gasteiger partial charge in [0, 0.05) is 0 Å². The van der Waals surface area contributed by atoms with Crippen LogP contribution in [-0.4, -0.2) is 5.11 Å². The molecule has 12 heavy (non-hydrogen) atoms. The number of benzene rings is 1. The van der Waals surface area contributed by atoms with Crippen molar-refractivity contribution in [1.82, 2.24) is 0 Å². The molecule has 1 N–H and O–H groups in total. The number of rotatable bonds is 0. The Morgan fingerprint density at radius 1 is 1.33 bits per heavy atom. The van der Waals surface area contributed by atoms with Crippen LogP contribution in [0.2, 0.25) is 0 Å². The Hall–Kier alpha value is -1.24. The normalized spacial score (nSPS) is 14.4. The predicted octanol–water partition coefficient (Wildman–Crippen LogP) is 2.66. The molecule has 0 fully saturated rings. The van der Waals surface area contributed by atoms with Crippen LogP contribution >= 0.6 is 0 Å². The quantitative estimate of drug-likeness (QED) is 0.618. The number of phenols is 1. The lowest BCUT2D eigenvalue weighted by Crippen LogP contribution is -1.94. The molecule has 1 heteroatoms. The zero-order chi connectivity index (χ0) is 8.55. The number of allylic oxidation sites excluding steroid dienone is 1. The van der Waals surface area contributed by atoms with E-state index >= 15 is 0 Å². The molecule has 1 aliphatic carbocycles. The molecule has 0 aromatic heterocycles. The smallest absolute Gasteiger partial charge is 0.118 e. The SMILES string of the molecule is Cc1cc2c(cc1O)CCC=C2. The Morgan fingerprint density at radius 2 is 2.17 bits per heavy atom. The van der Waals surface area contributed by atoms with E-state index < -0.39 is 0 Å². The van der Waals surface area contributed by atoms with Crippen LogP contribution in [0.1, 0.15) is 23.1 Å². The lowest BCUT2D eigenvalue weighted by molar-refractivity contribution is 0.470. The third kappa shape index (κ3) is 1.11. The average Bonchev–Trinajstić information content (AvgIpc) is 2.07. The molecule has 0 saturated carbocycles. The second kappa shape index (κ2) is 2.67. The molecule has 62 valence electrons. The minimum atomic E-state index is 0.420. The van der Waals surface area contributed by atoms with Gasteiger partial charge in [-0.25, -0.2) is 0 Å². The topological polar surface area (TPSA) is 20.2 Å². The minimum absolute atomic E-state index is 0.420. The summed E-state index contributed by atoms with van der Waals surface area (Å²) in [5.74, 6) is 0.420. The van der Waals surface area contributed by atoms with Crippen LogP contribution in [0.3, 0.4) is 0 Å². The van der Waals surface area contributed by atoms with Gasteiger partial charge in [0.1, 0.15) is 5.75 Å². The van der Waals surface area contributed by atoms with Crippen molar-refractivity contribution in [2.75, 3.05) is 0 Å². The highest BCUT2D eigenvalue weighted by Gasteiger charge is 2.06. The van der Waals surface area contributed by atoms with Crippen molar-refractivity contribution in [2.24, 2.45) is 0 Å². The highest BCUT2D eigenvalue weighted by atomic mass is 16.3. The molecule has 0 bridgehead atoms. The minimum Gasteiger partial charge on any atom is -0.508 e. The Morgan fingerprint density at radius 3 is 3.00 bits per heavy atom. The van der Waals surface area contributed by atoms with Gasteiger partial charge in [0.2, 0.25) is 0 Å². The molecule has 1 aliphatic rings. The lowest BCUT2D eigenvalue weighted by Gasteiger charge is -2.11. The van der Waals surface area contributed by atoms with Gasteiger partial charge in [-0.1, -0.05) is 12.2 Å². The summed E-state index contributed by atoms with van der Waals surface area (Å²) in [6.45, 7) is 1.93. The fraction of sp³-hybridized carbons (Fsp3) is 0.273. The van der Waals surface area contributed by atoms with Gasteiger partial charge in [-0.2, -0.15) is 0 Å². The van der Waals surface area contributed by atoms with Crippen LogP contribution in [0.4, 0.5) is 0 Å². The maximum Gasteiger partial charge on any atom is 0.118 e. The van der Waals surface area contributed by atoms with Crippen molar-refractivity contribution in [2.45, 2.75) is 19.8 Å². The van der Waals surface area contributed by atoms with E-state index in [4.69, 9.17) is 0 Å². The Kier molecular flexibility index (Phi) is 1.65. The van der Waals surface area contributed by atoms with Gasteiger partial charge in [0.05, 0.1) is 0 Å². The third-order valence-corrected chi connectivity index (χ3v) is 2.34. The van der Waals surface area contributed by atoms with Crippen molar-refractivity contribution < 1.29 is 5.11 Å². The Bertz CT molecular complexity index is 337. The van der Waals surface area contributed by atoms with E-state index in [1.54, 1.807) is 0 Å².